The number of carbonyl (C=O) groups excluding carboxylic acids is 3. The van der Waals surface area contributed by atoms with Gasteiger partial charge in [0.2, 0.25) is 0 Å². The first kappa shape index (κ1) is 37.5. The molecule has 0 spiro atoms. The molecule has 2 aliphatic rings. The molecule has 5 aromatic carbocycles. The molecule has 7 rings (SSSR count). The van der Waals surface area contributed by atoms with Crippen molar-refractivity contribution in [2.45, 2.75) is 25.0 Å². The van der Waals surface area contributed by atoms with Crippen molar-refractivity contribution in [2.24, 2.45) is 0 Å². The summed E-state index contributed by atoms with van der Waals surface area (Å²) in [4.78, 5) is 37.7. The number of benzene rings is 5. The van der Waals surface area contributed by atoms with Gasteiger partial charge in [0.1, 0.15) is 35.3 Å². The van der Waals surface area contributed by atoms with E-state index in [1.165, 1.54) is 4.90 Å². The summed E-state index contributed by atoms with van der Waals surface area (Å²) in [5.41, 5.74) is 10.4. The molecule has 0 aromatic heterocycles. The van der Waals surface area contributed by atoms with Crippen molar-refractivity contribution in [3.05, 3.63) is 132 Å². The standard InChI is InChI=1S/C18H18N2O5.C16H15NO3.C6H7NO/c1-24-13-8-6-12(7-9-13)10-16-18(22)20(11-17(21)19-23)14-4-2-3-5-15(14)25-16;1-19-12-8-6-11(7-9-12)10-15-16(18)17-13-4-2-3-5-14(13)20-15;7-5-3-1-2-4-6(5)8/h2-9,16,23H,10-11H2,1H3,(H,19,21);2-9,15H,10H2,1H3,(H,17,18);1-4,8H,7H2. The van der Waals surface area contributed by atoms with Gasteiger partial charge in [0.15, 0.2) is 12.2 Å². The van der Waals surface area contributed by atoms with Crippen molar-refractivity contribution in [3.63, 3.8) is 0 Å². The second-order valence-electron chi connectivity index (χ2n) is 11.8. The maximum absolute atomic E-state index is 12.8. The average Bonchev–Trinajstić information content (AvgIpc) is 3.19. The first-order valence-corrected chi connectivity index (χ1v) is 16.5. The molecule has 274 valence electrons. The molecule has 2 unspecified atom stereocenters. The monoisotopic (exact) mass is 720 g/mol. The molecular formula is C40H40N4O9. The number of methoxy groups -OCH3 is 2. The highest BCUT2D eigenvalue weighted by molar-refractivity contribution is 6.04. The maximum atomic E-state index is 12.8. The molecule has 13 nitrogen and oxygen atoms in total. The first-order valence-electron chi connectivity index (χ1n) is 16.5. The fraction of sp³-hybridized carbons (Fsp3) is 0.175. The second-order valence-corrected chi connectivity index (χ2v) is 11.8. The summed E-state index contributed by atoms with van der Waals surface area (Å²) in [6.45, 7) is -0.283. The molecule has 0 aliphatic carbocycles. The molecule has 2 aliphatic heterocycles. The van der Waals surface area contributed by atoms with E-state index in [4.69, 9.17) is 35.0 Å². The van der Waals surface area contributed by atoms with E-state index < -0.39 is 18.1 Å². The number of phenolic OH excluding ortho intramolecular Hbond substituents is 1. The van der Waals surface area contributed by atoms with Gasteiger partial charge in [0, 0.05) is 12.8 Å². The second kappa shape index (κ2) is 18.0. The third kappa shape index (κ3) is 9.96. The van der Waals surface area contributed by atoms with Gasteiger partial charge in [-0.3, -0.25) is 24.5 Å². The first-order chi connectivity index (χ1) is 25.7. The lowest BCUT2D eigenvalue weighted by Crippen LogP contribution is -2.50. The Hall–Kier alpha value is -6.73. The number of nitrogen functional groups attached to an aromatic ring is 1. The highest BCUT2D eigenvalue weighted by Gasteiger charge is 2.35. The molecule has 13 heteroatoms. The zero-order valence-electron chi connectivity index (χ0n) is 29.1. The summed E-state index contributed by atoms with van der Waals surface area (Å²) in [5, 5.41) is 20.4. The van der Waals surface area contributed by atoms with E-state index in [0.717, 1.165) is 28.3 Å². The van der Waals surface area contributed by atoms with E-state index >= 15 is 0 Å². The van der Waals surface area contributed by atoms with Gasteiger partial charge >= 0.3 is 0 Å². The van der Waals surface area contributed by atoms with Crippen LogP contribution in [0.1, 0.15) is 11.1 Å². The number of nitrogens with one attached hydrogen (secondary N) is 2. The Bertz CT molecular complexity index is 1980. The zero-order valence-corrected chi connectivity index (χ0v) is 29.1. The molecule has 2 atom stereocenters. The Balaban J connectivity index is 0.000000172. The van der Waals surface area contributed by atoms with Crippen molar-refractivity contribution in [2.75, 3.05) is 36.7 Å². The molecule has 53 heavy (non-hydrogen) atoms. The van der Waals surface area contributed by atoms with Crippen molar-refractivity contribution in [1.82, 2.24) is 5.48 Å². The summed E-state index contributed by atoms with van der Waals surface area (Å²) in [6, 6.07) is 36.1. The highest BCUT2D eigenvalue weighted by Crippen LogP contribution is 2.34. The number of nitrogens with zero attached hydrogens (tertiary/aromatic N) is 1. The molecule has 0 saturated carbocycles. The minimum absolute atomic E-state index is 0.112. The number of hydrogen-bond acceptors (Lipinski definition) is 10. The Morgan fingerprint density at radius 1 is 0.755 bits per heavy atom. The van der Waals surface area contributed by atoms with Crippen LogP contribution in [0.2, 0.25) is 0 Å². The molecule has 5 aromatic rings. The molecule has 0 radical (unpaired) electrons. The van der Waals surface area contributed by atoms with Crippen molar-refractivity contribution in [3.8, 4) is 28.7 Å². The largest absolute Gasteiger partial charge is 0.506 e. The number of ether oxygens (including phenoxy) is 4. The van der Waals surface area contributed by atoms with E-state index in [1.807, 2.05) is 72.8 Å². The molecule has 6 N–H and O–H groups in total. The summed E-state index contributed by atoms with van der Waals surface area (Å²) in [7, 11) is 3.22. The van der Waals surface area contributed by atoms with Crippen LogP contribution < -0.4 is 40.4 Å². The fourth-order valence-electron chi connectivity index (χ4n) is 5.41. The van der Waals surface area contributed by atoms with Gasteiger partial charge in [-0.2, -0.15) is 0 Å². The molecule has 0 saturated heterocycles. The minimum atomic E-state index is -0.755. The van der Waals surface area contributed by atoms with Gasteiger partial charge in [-0.1, -0.05) is 60.7 Å². The van der Waals surface area contributed by atoms with Crippen LogP contribution in [0, 0.1) is 0 Å². The number of carbonyl (C=O) groups is 3. The predicted octanol–water partition coefficient (Wildman–Crippen LogP) is 5.15. The lowest BCUT2D eigenvalue weighted by Gasteiger charge is -2.33. The molecular weight excluding hydrogens is 680 g/mol. The summed E-state index contributed by atoms with van der Waals surface area (Å²) in [5.74, 6) is 1.79. The van der Waals surface area contributed by atoms with Crippen LogP contribution in [0.4, 0.5) is 17.1 Å². The number of amides is 3. The van der Waals surface area contributed by atoms with Gasteiger partial charge in [0.05, 0.1) is 31.3 Å². The van der Waals surface area contributed by atoms with E-state index in [9.17, 15) is 14.4 Å². The predicted molar refractivity (Wildman–Crippen MR) is 199 cm³/mol. The van der Waals surface area contributed by atoms with Crippen LogP contribution in [-0.2, 0) is 27.2 Å². The SMILES string of the molecule is COc1ccc(CC2Oc3ccccc3N(CC(=O)NO)C2=O)cc1.COc1ccc(CC2Oc3ccccc3NC2=O)cc1.Nc1ccccc1O. The number of fused-ring (bicyclic) bond motifs is 2. The van der Waals surface area contributed by atoms with Crippen LogP contribution >= 0.6 is 0 Å². The summed E-state index contributed by atoms with van der Waals surface area (Å²) < 4.78 is 21.8. The van der Waals surface area contributed by atoms with Gasteiger partial charge < -0.3 is 35.1 Å². The number of phenols is 1. The normalized spacial score (nSPS) is 15.3. The lowest BCUT2D eigenvalue weighted by atomic mass is 10.0. The molecule has 0 fully saturated rings. The molecule has 2 heterocycles. The zero-order chi connectivity index (χ0) is 37.7. The van der Waals surface area contributed by atoms with Crippen LogP contribution in [0.25, 0.3) is 0 Å². The van der Waals surface area contributed by atoms with Gasteiger partial charge in [-0.15, -0.1) is 0 Å². The lowest BCUT2D eigenvalue weighted by molar-refractivity contribution is -0.132. The highest BCUT2D eigenvalue weighted by atomic mass is 16.5. The number of rotatable bonds is 8. The van der Waals surface area contributed by atoms with Crippen LogP contribution in [-0.4, -0.2) is 61.0 Å². The van der Waals surface area contributed by atoms with E-state index in [1.54, 1.807) is 68.2 Å². The van der Waals surface area contributed by atoms with Crippen molar-refractivity contribution >= 4 is 34.8 Å². The Morgan fingerprint density at radius 3 is 1.85 bits per heavy atom. The number of para-hydroxylation sites is 6. The average molecular weight is 721 g/mol. The maximum Gasteiger partial charge on any atom is 0.268 e. The van der Waals surface area contributed by atoms with E-state index in [0.29, 0.717) is 35.7 Å². The molecule has 3 amide bonds. The third-order valence-electron chi connectivity index (χ3n) is 8.20. The smallest absolute Gasteiger partial charge is 0.268 e. The molecule has 0 bridgehead atoms. The van der Waals surface area contributed by atoms with Gasteiger partial charge in [-0.25, -0.2) is 5.48 Å². The third-order valence-corrected chi connectivity index (χ3v) is 8.20. The quantitative estimate of drug-likeness (QED) is 0.0623. The number of aromatic hydroxyl groups is 1. The number of nitrogens with two attached hydrogens (primary N) is 1. The van der Waals surface area contributed by atoms with Crippen LogP contribution in [0.15, 0.2) is 121 Å². The van der Waals surface area contributed by atoms with Crippen molar-refractivity contribution in [1.29, 1.82) is 0 Å². The summed E-state index contributed by atoms with van der Waals surface area (Å²) in [6.07, 6.45) is -0.369. The van der Waals surface area contributed by atoms with Crippen LogP contribution in [0.5, 0.6) is 28.7 Å². The number of hydroxylamine groups is 1. The fourth-order valence-corrected chi connectivity index (χ4v) is 5.41. The van der Waals surface area contributed by atoms with Gasteiger partial charge in [-0.05, 0) is 71.8 Å². The number of hydrogen-bond donors (Lipinski definition) is 5. The number of anilines is 3. The minimum Gasteiger partial charge on any atom is -0.506 e. The Kier molecular flexibility index (Phi) is 12.7. The van der Waals surface area contributed by atoms with E-state index in [2.05, 4.69) is 5.32 Å². The Labute approximate surface area is 306 Å². The van der Waals surface area contributed by atoms with E-state index in [-0.39, 0.29) is 24.1 Å². The van der Waals surface area contributed by atoms with Crippen molar-refractivity contribution < 1.29 is 43.6 Å². The van der Waals surface area contributed by atoms with Gasteiger partial charge in [0.25, 0.3) is 17.7 Å². The summed E-state index contributed by atoms with van der Waals surface area (Å²) >= 11 is 0. The Morgan fingerprint density at radius 2 is 1.28 bits per heavy atom. The topological polar surface area (TPSA) is 182 Å². The van der Waals surface area contributed by atoms with Crippen LogP contribution in [0.3, 0.4) is 0 Å².